The van der Waals surface area contributed by atoms with Gasteiger partial charge in [0.25, 0.3) is 5.56 Å². The van der Waals surface area contributed by atoms with Crippen molar-refractivity contribution in [3.8, 4) is 0 Å². The molecule has 1 aromatic carbocycles. The highest BCUT2D eigenvalue weighted by molar-refractivity contribution is 7.10. The van der Waals surface area contributed by atoms with E-state index in [0.29, 0.717) is 18.0 Å². The first-order valence-electron chi connectivity index (χ1n) is 7.98. The van der Waals surface area contributed by atoms with Crippen LogP contribution < -0.4 is 5.56 Å². The number of fused-ring (bicyclic) bond motifs is 1. The van der Waals surface area contributed by atoms with Crippen LogP contribution in [0.15, 0.2) is 40.5 Å². The highest BCUT2D eigenvalue weighted by Crippen LogP contribution is 2.35. The van der Waals surface area contributed by atoms with Crippen molar-refractivity contribution in [2.24, 2.45) is 0 Å². The molecule has 1 aliphatic heterocycles. The molecule has 3 heterocycles. The monoisotopic (exact) mass is 325 g/mol. The fourth-order valence-electron chi connectivity index (χ4n) is 3.44. The van der Waals surface area contributed by atoms with E-state index in [1.165, 1.54) is 17.7 Å². The molecule has 5 heteroatoms. The molecule has 0 saturated carbocycles. The molecule has 0 bridgehead atoms. The Labute approximate surface area is 138 Å². The topological polar surface area (TPSA) is 49.0 Å². The lowest BCUT2D eigenvalue weighted by molar-refractivity contribution is 0.245. The van der Waals surface area contributed by atoms with Gasteiger partial charge in [0.15, 0.2) is 0 Å². The molecule has 1 saturated heterocycles. The minimum absolute atomic E-state index is 0.0411. The number of likely N-dealkylation sites (tertiary alicyclic amines) is 1. The first-order chi connectivity index (χ1) is 11.2. The molecule has 0 unspecified atom stereocenters. The van der Waals surface area contributed by atoms with Gasteiger partial charge in [0.2, 0.25) is 0 Å². The minimum atomic E-state index is -0.0411. The molecule has 4 rings (SSSR count). The zero-order chi connectivity index (χ0) is 15.8. The molecule has 1 aliphatic rings. The number of nitrogens with one attached hydrogen (secondary N) is 1. The zero-order valence-electron chi connectivity index (χ0n) is 13.1. The largest absolute Gasteiger partial charge is 0.309 e. The van der Waals surface area contributed by atoms with E-state index in [1.54, 1.807) is 0 Å². The van der Waals surface area contributed by atoms with E-state index in [2.05, 4.69) is 27.4 Å². The third-order valence-corrected chi connectivity index (χ3v) is 5.55. The Morgan fingerprint density at radius 3 is 3.09 bits per heavy atom. The summed E-state index contributed by atoms with van der Waals surface area (Å²) >= 11 is 1.81. The first kappa shape index (κ1) is 14.6. The lowest BCUT2D eigenvalue weighted by atomic mass is 10.1. The molecule has 0 radical (unpaired) electrons. The summed E-state index contributed by atoms with van der Waals surface area (Å²) in [5, 5.41) is 2.80. The van der Waals surface area contributed by atoms with Crippen molar-refractivity contribution in [3.05, 3.63) is 62.3 Å². The fourth-order valence-corrected chi connectivity index (χ4v) is 4.33. The Morgan fingerprint density at radius 2 is 2.26 bits per heavy atom. The molecule has 0 spiro atoms. The lowest BCUT2D eigenvalue weighted by Crippen LogP contribution is -2.25. The standard InChI is InChI=1S/C18H19N3OS/c1-12-5-2-6-13-17(12)19-16(20-18(13)22)11-21-9-3-7-14(21)15-8-4-10-23-15/h2,4-6,8,10,14H,3,7,9,11H2,1H3,(H,19,20,22)/t14-/m1/s1. The molecule has 3 aromatic rings. The summed E-state index contributed by atoms with van der Waals surface area (Å²) in [5.41, 5.74) is 1.82. The molecule has 1 atom stereocenters. The maximum atomic E-state index is 12.3. The number of rotatable bonds is 3. The lowest BCUT2D eigenvalue weighted by Gasteiger charge is -2.23. The summed E-state index contributed by atoms with van der Waals surface area (Å²) in [4.78, 5) is 23.8. The first-order valence-corrected chi connectivity index (χ1v) is 8.86. The Bertz CT molecular complexity index is 885. The average molecular weight is 325 g/mol. The number of nitrogens with zero attached hydrogens (tertiary/aromatic N) is 2. The zero-order valence-corrected chi connectivity index (χ0v) is 13.9. The summed E-state index contributed by atoms with van der Waals surface area (Å²) < 4.78 is 0. The molecular weight excluding hydrogens is 306 g/mol. The predicted molar refractivity (Wildman–Crippen MR) is 93.8 cm³/mol. The normalized spacial score (nSPS) is 18.7. The van der Waals surface area contributed by atoms with Gasteiger partial charge >= 0.3 is 0 Å². The number of benzene rings is 1. The van der Waals surface area contributed by atoms with Crippen molar-refractivity contribution >= 4 is 22.2 Å². The Kier molecular flexibility index (Phi) is 3.75. The van der Waals surface area contributed by atoms with Crippen molar-refractivity contribution in [1.29, 1.82) is 0 Å². The number of hydrogen-bond acceptors (Lipinski definition) is 4. The number of aryl methyl sites for hydroxylation is 1. The Morgan fingerprint density at radius 1 is 1.35 bits per heavy atom. The van der Waals surface area contributed by atoms with E-state index in [4.69, 9.17) is 4.98 Å². The maximum Gasteiger partial charge on any atom is 0.258 e. The van der Waals surface area contributed by atoms with Crippen LogP contribution in [0.3, 0.4) is 0 Å². The number of thiophene rings is 1. The maximum absolute atomic E-state index is 12.3. The van der Waals surface area contributed by atoms with Crippen LogP contribution in [-0.4, -0.2) is 21.4 Å². The van der Waals surface area contributed by atoms with Crippen LogP contribution in [0.2, 0.25) is 0 Å². The van der Waals surface area contributed by atoms with Crippen molar-refractivity contribution in [3.63, 3.8) is 0 Å². The van der Waals surface area contributed by atoms with Crippen molar-refractivity contribution in [1.82, 2.24) is 14.9 Å². The van der Waals surface area contributed by atoms with Gasteiger partial charge in [-0.05, 0) is 49.4 Å². The van der Waals surface area contributed by atoms with Gasteiger partial charge in [0, 0.05) is 10.9 Å². The molecule has 118 valence electrons. The van der Waals surface area contributed by atoms with Crippen molar-refractivity contribution in [2.75, 3.05) is 6.54 Å². The van der Waals surface area contributed by atoms with Gasteiger partial charge in [0.1, 0.15) is 5.82 Å². The van der Waals surface area contributed by atoms with Gasteiger partial charge in [0.05, 0.1) is 17.4 Å². The molecule has 2 aromatic heterocycles. The predicted octanol–water partition coefficient (Wildman–Crippen LogP) is 3.63. The van der Waals surface area contributed by atoms with Crippen LogP contribution >= 0.6 is 11.3 Å². The van der Waals surface area contributed by atoms with E-state index < -0.39 is 0 Å². The summed E-state index contributed by atoms with van der Waals surface area (Å²) in [6.07, 6.45) is 2.37. The molecular formula is C18H19N3OS. The molecule has 1 fully saturated rings. The second-order valence-corrected chi connectivity index (χ2v) is 7.11. The summed E-state index contributed by atoms with van der Waals surface area (Å²) in [7, 11) is 0. The molecule has 0 amide bonds. The number of hydrogen-bond donors (Lipinski definition) is 1. The van der Waals surface area contributed by atoms with E-state index >= 15 is 0 Å². The van der Waals surface area contributed by atoms with E-state index in [0.717, 1.165) is 23.4 Å². The third kappa shape index (κ3) is 2.71. The smallest absolute Gasteiger partial charge is 0.258 e. The van der Waals surface area contributed by atoms with Gasteiger partial charge in [-0.3, -0.25) is 9.69 Å². The highest BCUT2D eigenvalue weighted by atomic mass is 32.1. The van der Waals surface area contributed by atoms with Crippen LogP contribution in [0, 0.1) is 6.92 Å². The summed E-state index contributed by atoms with van der Waals surface area (Å²) in [6, 6.07) is 10.5. The number of aromatic nitrogens is 2. The van der Waals surface area contributed by atoms with E-state index in [9.17, 15) is 4.79 Å². The van der Waals surface area contributed by atoms with E-state index in [1.807, 2.05) is 36.5 Å². The van der Waals surface area contributed by atoms with Gasteiger partial charge in [-0.15, -0.1) is 11.3 Å². The molecule has 23 heavy (non-hydrogen) atoms. The van der Waals surface area contributed by atoms with Gasteiger partial charge < -0.3 is 4.98 Å². The molecule has 4 nitrogen and oxygen atoms in total. The van der Waals surface area contributed by atoms with Gasteiger partial charge in [-0.1, -0.05) is 18.2 Å². The van der Waals surface area contributed by atoms with Gasteiger partial charge in [-0.25, -0.2) is 4.98 Å². The Hall–Kier alpha value is -1.98. The van der Waals surface area contributed by atoms with Crippen molar-refractivity contribution < 1.29 is 0 Å². The molecule has 0 aliphatic carbocycles. The number of aromatic amines is 1. The summed E-state index contributed by atoms with van der Waals surface area (Å²) in [6.45, 7) is 3.75. The van der Waals surface area contributed by atoms with Crippen LogP contribution in [0.1, 0.15) is 35.1 Å². The number of H-pyrrole nitrogens is 1. The Balaban J connectivity index is 1.67. The van der Waals surface area contributed by atoms with Crippen LogP contribution in [0.5, 0.6) is 0 Å². The molecule has 1 N–H and O–H groups in total. The average Bonchev–Trinajstić information content (AvgIpc) is 3.19. The van der Waals surface area contributed by atoms with Crippen molar-refractivity contribution in [2.45, 2.75) is 32.4 Å². The third-order valence-electron chi connectivity index (χ3n) is 4.58. The second kappa shape index (κ2) is 5.91. The highest BCUT2D eigenvalue weighted by Gasteiger charge is 2.27. The van der Waals surface area contributed by atoms with Crippen LogP contribution in [0.4, 0.5) is 0 Å². The van der Waals surface area contributed by atoms with E-state index in [-0.39, 0.29) is 5.56 Å². The van der Waals surface area contributed by atoms with Crippen LogP contribution in [-0.2, 0) is 6.54 Å². The van der Waals surface area contributed by atoms with Crippen LogP contribution in [0.25, 0.3) is 10.9 Å². The van der Waals surface area contributed by atoms with Gasteiger partial charge in [-0.2, -0.15) is 0 Å². The summed E-state index contributed by atoms with van der Waals surface area (Å²) in [5.74, 6) is 0.764. The quantitative estimate of drug-likeness (QED) is 0.800. The fraction of sp³-hybridized carbons (Fsp3) is 0.333. The number of para-hydroxylation sites is 1. The minimum Gasteiger partial charge on any atom is -0.309 e. The second-order valence-electron chi connectivity index (χ2n) is 6.13. The SMILES string of the molecule is Cc1cccc2c(=O)[nH]c(CN3CCC[C@@H]3c3cccs3)nc12.